The Kier molecular flexibility index (Phi) is 4.23. The van der Waals surface area contributed by atoms with E-state index in [1.807, 2.05) is 64.1 Å². The number of ether oxygens (including phenoxy) is 3. The summed E-state index contributed by atoms with van der Waals surface area (Å²) in [5.74, 6) is 2.07. The van der Waals surface area contributed by atoms with E-state index in [0.717, 1.165) is 41.0 Å². The zero-order valence-electron chi connectivity index (χ0n) is 18.5. The third kappa shape index (κ3) is 3.19. The molecule has 160 valence electrons. The number of methoxy groups -OCH3 is 1. The maximum Gasteiger partial charge on any atom is 0.204 e. The van der Waals surface area contributed by atoms with Crippen molar-refractivity contribution in [3.63, 3.8) is 0 Å². The van der Waals surface area contributed by atoms with E-state index in [1.54, 1.807) is 7.11 Å². The Hall–Kier alpha value is -3.21. The van der Waals surface area contributed by atoms with Gasteiger partial charge in [0.1, 0.15) is 40.1 Å². The first kappa shape index (κ1) is 19.7. The lowest BCUT2D eigenvalue weighted by molar-refractivity contribution is 0.0827. The van der Waals surface area contributed by atoms with E-state index in [2.05, 4.69) is 0 Å². The first-order chi connectivity index (χ1) is 14.7. The normalized spacial score (nSPS) is 18.0. The minimum Gasteiger partial charge on any atom is -0.497 e. The molecule has 3 heterocycles. The van der Waals surface area contributed by atoms with E-state index >= 15 is 0 Å². The molecule has 0 saturated carbocycles. The van der Waals surface area contributed by atoms with Crippen LogP contribution in [0.4, 0.5) is 0 Å². The fourth-order valence-corrected chi connectivity index (χ4v) is 4.30. The average molecular weight is 418 g/mol. The molecule has 0 spiro atoms. The van der Waals surface area contributed by atoms with Crippen LogP contribution in [-0.2, 0) is 6.42 Å². The van der Waals surface area contributed by atoms with Crippen LogP contribution in [0.15, 0.2) is 45.8 Å². The van der Waals surface area contributed by atoms with Gasteiger partial charge in [-0.1, -0.05) is 12.1 Å². The molecular weight excluding hydrogens is 392 g/mol. The molecule has 0 radical (unpaired) electrons. The fraction of sp³-hybridized carbons (Fsp3) is 0.346. The Morgan fingerprint density at radius 2 is 1.74 bits per heavy atom. The summed E-state index contributed by atoms with van der Waals surface area (Å²) in [7, 11) is 1.62. The topological polar surface area (TPSA) is 57.9 Å². The minimum absolute atomic E-state index is 0.110. The Bertz CT molecular complexity index is 1280. The Balaban J connectivity index is 1.82. The third-order valence-corrected chi connectivity index (χ3v) is 6.03. The van der Waals surface area contributed by atoms with Crippen LogP contribution in [0.1, 0.15) is 45.2 Å². The van der Waals surface area contributed by atoms with Crippen LogP contribution in [-0.4, -0.2) is 18.3 Å². The third-order valence-electron chi connectivity index (χ3n) is 6.03. The van der Waals surface area contributed by atoms with E-state index < -0.39 is 5.60 Å². The molecule has 0 N–H and O–H groups in total. The molecule has 5 nitrogen and oxygen atoms in total. The summed E-state index contributed by atoms with van der Waals surface area (Å²) in [5.41, 5.74) is 2.58. The molecule has 0 atom stereocenters. The summed E-state index contributed by atoms with van der Waals surface area (Å²) < 4.78 is 24.1. The molecule has 0 bridgehead atoms. The number of fused-ring (bicyclic) bond motifs is 6. The summed E-state index contributed by atoms with van der Waals surface area (Å²) in [6.07, 6.45) is 7.13. The lowest BCUT2D eigenvalue weighted by atomic mass is 9.88. The summed E-state index contributed by atoms with van der Waals surface area (Å²) in [6.45, 7) is 8.11. The quantitative estimate of drug-likeness (QED) is 0.530. The predicted octanol–water partition coefficient (Wildman–Crippen LogP) is 5.76. The lowest BCUT2D eigenvalue weighted by Crippen LogP contribution is -2.35. The summed E-state index contributed by atoms with van der Waals surface area (Å²) in [6, 6.07) is 7.38. The molecule has 5 heteroatoms. The van der Waals surface area contributed by atoms with Gasteiger partial charge in [0.05, 0.1) is 18.2 Å². The molecule has 0 unspecified atom stereocenters. The monoisotopic (exact) mass is 418 g/mol. The van der Waals surface area contributed by atoms with E-state index in [9.17, 15) is 4.79 Å². The van der Waals surface area contributed by atoms with Gasteiger partial charge in [0.2, 0.25) is 5.43 Å². The Labute approximate surface area is 181 Å². The standard InChI is InChI=1S/C26H26O5/c1-25(2)12-10-17-22(30-25)18-11-13-26(3,4)31-24(18)20-21(27)19(14-29-23(17)20)15-6-8-16(28-5)9-7-15/h6-10,12,14H,11,13H2,1-5H3. The van der Waals surface area contributed by atoms with Crippen molar-refractivity contribution in [2.24, 2.45) is 0 Å². The number of rotatable bonds is 2. The first-order valence-electron chi connectivity index (χ1n) is 10.6. The van der Waals surface area contributed by atoms with Crippen molar-refractivity contribution in [3.05, 3.63) is 58.0 Å². The molecule has 1 aromatic heterocycles. The van der Waals surface area contributed by atoms with Gasteiger partial charge >= 0.3 is 0 Å². The molecule has 2 aliphatic heterocycles. The van der Waals surface area contributed by atoms with Crippen LogP contribution in [0.5, 0.6) is 17.2 Å². The molecule has 0 aliphatic carbocycles. The molecule has 0 saturated heterocycles. The van der Waals surface area contributed by atoms with Crippen molar-refractivity contribution in [3.8, 4) is 28.4 Å². The van der Waals surface area contributed by atoms with Gasteiger partial charge in [0.15, 0.2) is 5.58 Å². The van der Waals surface area contributed by atoms with E-state index in [-0.39, 0.29) is 11.0 Å². The van der Waals surface area contributed by atoms with Gasteiger partial charge in [-0.25, -0.2) is 0 Å². The number of hydrogen-bond donors (Lipinski definition) is 0. The zero-order valence-corrected chi connectivity index (χ0v) is 18.5. The van der Waals surface area contributed by atoms with E-state index in [4.69, 9.17) is 18.6 Å². The minimum atomic E-state index is -0.440. The molecular formula is C26H26O5. The van der Waals surface area contributed by atoms with Gasteiger partial charge in [-0.15, -0.1) is 0 Å². The van der Waals surface area contributed by atoms with Crippen molar-refractivity contribution < 1.29 is 18.6 Å². The maximum atomic E-state index is 13.7. The van der Waals surface area contributed by atoms with Gasteiger partial charge in [-0.2, -0.15) is 0 Å². The Morgan fingerprint density at radius 1 is 1.00 bits per heavy atom. The van der Waals surface area contributed by atoms with Crippen LogP contribution in [0.2, 0.25) is 0 Å². The predicted molar refractivity (Wildman–Crippen MR) is 121 cm³/mol. The van der Waals surface area contributed by atoms with Crippen LogP contribution in [0.3, 0.4) is 0 Å². The van der Waals surface area contributed by atoms with Crippen LogP contribution in [0, 0.1) is 0 Å². The summed E-state index contributed by atoms with van der Waals surface area (Å²) >= 11 is 0. The van der Waals surface area contributed by atoms with Gasteiger partial charge < -0.3 is 18.6 Å². The highest BCUT2D eigenvalue weighted by molar-refractivity contribution is 5.97. The summed E-state index contributed by atoms with van der Waals surface area (Å²) in [5, 5.41) is 0.475. The molecule has 0 fully saturated rings. The van der Waals surface area contributed by atoms with Gasteiger partial charge in [-0.3, -0.25) is 4.79 Å². The molecule has 3 aromatic rings. The average Bonchev–Trinajstić information content (AvgIpc) is 2.72. The smallest absolute Gasteiger partial charge is 0.204 e. The molecule has 0 amide bonds. The fourth-order valence-electron chi connectivity index (χ4n) is 4.30. The number of benzene rings is 2. The molecule has 31 heavy (non-hydrogen) atoms. The lowest BCUT2D eigenvalue weighted by Gasteiger charge is -2.37. The highest BCUT2D eigenvalue weighted by Gasteiger charge is 2.36. The van der Waals surface area contributed by atoms with Crippen LogP contribution in [0.25, 0.3) is 28.2 Å². The van der Waals surface area contributed by atoms with Gasteiger partial charge in [0, 0.05) is 5.56 Å². The first-order valence-corrected chi connectivity index (χ1v) is 10.6. The zero-order chi connectivity index (χ0) is 22.0. The second-order valence-corrected chi connectivity index (χ2v) is 9.36. The summed E-state index contributed by atoms with van der Waals surface area (Å²) in [4.78, 5) is 13.7. The van der Waals surface area contributed by atoms with Crippen molar-refractivity contribution in [1.82, 2.24) is 0 Å². The van der Waals surface area contributed by atoms with Crippen molar-refractivity contribution in [1.29, 1.82) is 0 Å². The van der Waals surface area contributed by atoms with Crippen LogP contribution < -0.4 is 19.6 Å². The van der Waals surface area contributed by atoms with E-state index in [0.29, 0.717) is 22.3 Å². The molecule has 2 aliphatic rings. The van der Waals surface area contributed by atoms with Gasteiger partial charge in [0.25, 0.3) is 0 Å². The van der Waals surface area contributed by atoms with Crippen LogP contribution >= 0.6 is 0 Å². The Morgan fingerprint density at radius 3 is 2.45 bits per heavy atom. The SMILES string of the molecule is COc1ccc(-c2coc3c4c(c5c(c3c2=O)OC(C)(C)CC5)OC(C)(C)C=C4)cc1. The van der Waals surface area contributed by atoms with Crippen molar-refractivity contribution in [2.75, 3.05) is 7.11 Å². The molecule has 2 aromatic carbocycles. The molecule has 5 rings (SSSR count). The number of hydrogen-bond acceptors (Lipinski definition) is 5. The second-order valence-electron chi connectivity index (χ2n) is 9.36. The van der Waals surface area contributed by atoms with Gasteiger partial charge in [-0.05, 0) is 70.4 Å². The van der Waals surface area contributed by atoms with Crippen molar-refractivity contribution in [2.45, 2.75) is 51.7 Å². The van der Waals surface area contributed by atoms with Crippen molar-refractivity contribution >= 4 is 17.0 Å². The van der Waals surface area contributed by atoms with E-state index in [1.165, 1.54) is 6.26 Å². The maximum absolute atomic E-state index is 13.7. The second kappa shape index (κ2) is 6.64. The largest absolute Gasteiger partial charge is 0.497 e. The highest BCUT2D eigenvalue weighted by atomic mass is 16.5. The highest BCUT2D eigenvalue weighted by Crippen LogP contribution is 2.48.